The van der Waals surface area contributed by atoms with Crippen LogP contribution in [-0.4, -0.2) is 40.6 Å². The molecule has 1 aromatic rings. The Balaban J connectivity index is 1.33. The minimum absolute atomic E-state index is 0.0422. The Kier molecular flexibility index (Phi) is 9.92. The summed E-state index contributed by atoms with van der Waals surface area (Å²) in [6.45, 7) is 0.288. The van der Waals surface area contributed by atoms with Crippen LogP contribution in [-0.2, 0) is 16.1 Å². The van der Waals surface area contributed by atoms with E-state index in [1.54, 1.807) is 17.0 Å². The van der Waals surface area contributed by atoms with Crippen molar-refractivity contribution >= 4 is 23.6 Å². The van der Waals surface area contributed by atoms with Crippen LogP contribution in [0.3, 0.4) is 0 Å². The van der Waals surface area contributed by atoms with Gasteiger partial charge in [-0.3, -0.25) is 24.5 Å². The van der Waals surface area contributed by atoms with E-state index in [0.29, 0.717) is 29.4 Å². The maximum absolute atomic E-state index is 13.8. The van der Waals surface area contributed by atoms with Crippen LogP contribution in [0, 0.1) is 11.8 Å². The van der Waals surface area contributed by atoms with Gasteiger partial charge >= 0.3 is 0 Å². The maximum atomic E-state index is 13.8. The fourth-order valence-electron chi connectivity index (χ4n) is 7.62. The van der Waals surface area contributed by atoms with E-state index in [1.807, 2.05) is 6.07 Å². The molecule has 2 N–H and O–H groups in total. The number of carbonyl (C=O) groups is 4. The number of amides is 4. The lowest BCUT2D eigenvalue weighted by molar-refractivity contribution is -0.136. The number of imide groups is 1. The number of hydrogen-bond acceptors (Lipinski definition) is 4. The molecular weight excluding hydrogens is 502 g/mol. The fraction of sp³-hybridized carbons (Fsp3) is 0.697. The molecule has 40 heavy (non-hydrogen) atoms. The van der Waals surface area contributed by atoms with Gasteiger partial charge in [-0.15, -0.1) is 0 Å². The summed E-state index contributed by atoms with van der Waals surface area (Å²) in [5.74, 6) is 0.0885. The molecule has 0 spiro atoms. The number of nitrogens with zero attached hydrogens (tertiary/aromatic N) is 1. The second-order valence-electron chi connectivity index (χ2n) is 12.7. The highest BCUT2D eigenvalue weighted by Crippen LogP contribution is 2.34. The number of carbonyl (C=O) groups excluding carboxylic acids is 4. The Labute approximate surface area is 239 Å². The molecular formula is C33H47N3O4. The highest BCUT2D eigenvalue weighted by Gasteiger charge is 2.39. The van der Waals surface area contributed by atoms with Crippen molar-refractivity contribution in [3.8, 4) is 0 Å². The summed E-state index contributed by atoms with van der Waals surface area (Å²) in [5, 5.41) is 5.92. The zero-order chi connectivity index (χ0) is 27.9. The molecule has 4 aliphatic rings. The molecule has 7 nitrogen and oxygen atoms in total. The van der Waals surface area contributed by atoms with Crippen molar-refractivity contribution in [2.45, 2.75) is 134 Å². The van der Waals surface area contributed by atoms with Crippen LogP contribution in [0.15, 0.2) is 18.2 Å². The first-order valence-corrected chi connectivity index (χ1v) is 16.1. The van der Waals surface area contributed by atoms with Crippen LogP contribution in [0.2, 0.25) is 0 Å². The van der Waals surface area contributed by atoms with Gasteiger partial charge in [0, 0.05) is 30.1 Å². The van der Waals surface area contributed by atoms with Gasteiger partial charge in [-0.05, 0) is 67.7 Å². The SMILES string of the molecule is O=C1CCC(N2Cc3cc(C(=O)NC(C4CCCCCCCC4)C4CCCCCCCC4)ccc3C2=O)C(=O)N1. The van der Waals surface area contributed by atoms with E-state index in [1.165, 1.54) is 103 Å². The maximum Gasteiger partial charge on any atom is 0.255 e. The molecule has 2 saturated carbocycles. The van der Waals surface area contributed by atoms with Crippen LogP contribution >= 0.6 is 0 Å². The zero-order valence-electron chi connectivity index (χ0n) is 24.1. The van der Waals surface area contributed by atoms with Gasteiger partial charge < -0.3 is 10.2 Å². The average Bonchev–Trinajstić information content (AvgIpc) is 3.39. The first kappa shape index (κ1) is 28.8. The molecule has 1 saturated heterocycles. The minimum atomic E-state index is -0.647. The Morgan fingerprint density at radius 2 is 1.32 bits per heavy atom. The molecule has 218 valence electrons. The molecule has 3 fully saturated rings. The molecule has 4 amide bonds. The highest BCUT2D eigenvalue weighted by molar-refractivity contribution is 6.06. The summed E-state index contributed by atoms with van der Waals surface area (Å²) in [6, 6.07) is 4.90. The van der Waals surface area contributed by atoms with Crippen LogP contribution in [0.5, 0.6) is 0 Å². The van der Waals surface area contributed by atoms with Crippen molar-refractivity contribution in [1.29, 1.82) is 0 Å². The molecule has 1 aromatic carbocycles. The van der Waals surface area contributed by atoms with Gasteiger partial charge in [0.25, 0.3) is 11.8 Å². The molecule has 7 heteroatoms. The van der Waals surface area contributed by atoms with E-state index in [2.05, 4.69) is 10.6 Å². The zero-order valence-corrected chi connectivity index (χ0v) is 24.1. The van der Waals surface area contributed by atoms with Gasteiger partial charge in [-0.1, -0.05) is 77.0 Å². The smallest absolute Gasteiger partial charge is 0.255 e. The standard InChI is InChI=1S/C33H47N3O4/c37-29-20-19-28(32(39)34-29)36-22-26-21-25(17-18-27(26)33(36)40)31(38)35-30(23-13-9-5-1-2-6-10-14-23)24-15-11-7-3-4-8-12-16-24/h17-18,21,23-24,28,30H,1-16,19-20,22H2,(H,35,38)(H,34,37,39). The third-order valence-electron chi connectivity index (χ3n) is 9.90. The summed E-state index contributed by atoms with van der Waals surface area (Å²) >= 11 is 0. The molecule has 2 heterocycles. The van der Waals surface area contributed by atoms with Crippen LogP contribution < -0.4 is 10.6 Å². The fourth-order valence-corrected chi connectivity index (χ4v) is 7.62. The summed E-state index contributed by atoms with van der Waals surface area (Å²) < 4.78 is 0. The molecule has 0 radical (unpaired) electrons. The van der Waals surface area contributed by atoms with Gasteiger partial charge in [-0.2, -0.15) is 0 Å². The lowest BCUT2D eigenvalue weighted by Gasteiger charge is -2.35. The van der Waals surface area contributed by atoms with Crippen molar-refractivity contribution in [3.05, 3.63) is 34.9 Å². The van der Waals surface area contributed by atoms with Crippen LogP contribution in [0.1, 0.15) is 142 Å². The third-order valence-corrected chi connectivity index (χ3v) is 9.90. The number of hydrogen-bond donors (Lipinski definition) is 2. The second kappa shape index (κ2) is 13.8. The first-order valence-electron chi connectivity index (χ1n) is 16.1. The molecule has 0 bridgehead atoms. The topological polar surface area (TPSA) is 95.6 Å². The summed E-state index contributed by atoms with van der Waals surface area (Å²) in [6.07, 6.45) is 20.9. The Bertz CT molecular complexity index is 1040. The number of fused-ring (bicyclic) bond motifs is 1. The van der Waals surface area contributed by atoms with Gasteiger partial charge in [0.1, 0.15) is 6.04 Å². The van der Waals surface area contributed by atoms with Gasteiger partial charge in [0.15, 0.2) is 0 Å². The lowest BCUT2D eigenvalue weighted by Crippen LogP contribution is -2.52. The van der Waals surface area contributed by atoms with Crippen molar-refractivity contribution in [1.82, 2.24) is 15.5 Å². The van der Waals surface area contributed by atoms with Crippen molar-refractivity contribution in [2.24, 2.45) is 11.8 Å². The summed E-state index contributed by atoms with van der Waals surface area (Å²) in [7, 11) is 0. The van der Waals surface area contributed by atoms with Gasteiger partial charge in [-0.25, -0.2) is 0 Å². The third kappa shape index (κ3) is 6.95. The normalized spacial score (nSPS) is 24.3. The average molecular weight is 550 g/mol. The van der Waals surface area contributed by atoms with Crippen molar-refractivity contribution in [3.63, 3.8) is 0 Å². The number of nitrogens with one attached hydrogen (secondary N) is 2. The quantitative estimate of drug-likeness (QED) is 0.437. The minimum Gasteiger partial charge on any atom is -0.349 e. The van der Waals surface area contributed by atoms with E-state index < -0.39 is 11.9 Å². The molecule has 2 aliphatic heterocycles. The van der Waals surface area contributed by atoms with E-state index in [0.717, 1.165) is 5.56 Å². The van der Waals surface area contributed by atoms with Gasteiger partial charge in [0.2, 0.25) is 11.8 Å². The molecule has 1 unspecified atom stereocenters. The number of rotatable bonds is 5. The predicted octanol–water partition coefficient (Wildman–Crippen LogP) is 6.05. The summed E-state index contributed by atoms with van der Waals surface area (Å²) in [4.78, 5) is 52.5. The monoisotopic (exact) mass is 549 g/mol. The molecule has 5 rings (SSSR count). The Morgan fingerprint density at radius 1 is 0.775 bits per heavy atom. The van der Waals surface area contributed by atoms with E-state index in [4.69, 9.17) is 0 Å². The molecule has 0 aromatic heterocycles. The van der Waals surface area contributed by atoms with E-state index in [9.17, 15) is 19.2 Å². The molecule has 1 atom stereocenters. The number of benzene rings is 1. The number of piperidine rings is 1. The van der Waals surface area contributed by atoms with Crippen molar-refractivity contribution < 1.29 is 19.2 Å². The molecule has 2 aliphatic carbocycles. The van der Waals surface area contributed by atoms with Gasteiger partial charge in [0.05, 0.1) is 0 Å². The second-order valence-corrected chi connectivity index (χ2v) is 12.7. The van der Waals surface area contributed by atoms with E-state index >= 15 is 0 Å². The highest BCUT2D eigenvalue weighted by atomic mass is 16.2. The van der Waals surface area contributed by atoms with Crippen LogP contribution in [0.25, 0.3) is 0 Å². The summed E-state index contributed by atoms with van der Waals surface area (Å²) in [5.41, 5.74) is 1.92. The largest absolute Gasteiger partial charge is 0.349 e. The predicted molar refractivity (Wildman–Crippen MR) is 155 cm³/mol. The van der Waals surface area contributed by atoms with E-state index in [-0.39, 0.29) is 36.7 Å². The van der Waals surface area contributed by atoms with Crippen LogP contribution in [0.4, 0.5) is 0 Å². The van der Waals surface area contributed by atoms with Crippen molar-refractivity contribution in [2.75, 3.05) is 0 Å². The Morgan fingerprint density at radius 3 is 1.88 bits per heavy atom. The first-order chi connectivity index (χ1) is 19.5. The lowest BCUT2D eigenvalue weighted by atomic mass is 9.78. The Hall–Kier alpha value is -2.70.